The summed E-state index contributed by atoms with van der Waals surface area (Å²) in [6.07, 6.45) is 2.49. The number of nitrogens with one attached hydrogen (secondary N) is 2. The molecule has 0 radical (unpaired) electrons. The first kappa shape index (κ1) is 20.2. The standard InChI is InChI=1S/C21H24N4O4/c1-5-13(2)22-21(27)19-24-18(16-8-6-7-11-25(16)19)20(26)23-15-12-14(28-3)9-10-17(15)29-4/h6-13H,5H2,1-4H3,(H,22,27)(H,23,26). The molecule has 1 aromatic carbocycles. The van der Waals surface area contributed by atoms with Crippen LogP contribution in [-0.2, 0) is 0 Å². The number of pyridine rings is 1. The maximum Gasteiger partial charge on any atom is 0.287 e. The molecule has 2 heterocycles. The Labute approximate surface area is 168 Å². The summed E-state index contributed by atoms with van der Waals surface area (Å²) >= 11 is 0. The van der Waals surface area contributed by atoms with E-state index in [0.717, 1.165) is 6.42 Å². The topological polar surface area (TPSA) is 94.0 Å². The maximum atomic E-state index is 13.0. The summed E-state index contributed by atoms with van der Waals surface area (Å²) in [5, 5.41) is 5.68. The molecule has 0 saturated heterocycles. The van der Waals surface area contributed by atoms with E-state index in [1.54, 1.807) is 54.1 Å². The van der Waals surface area contributed by atoms with Crippen LogP contribution in [0.5, 0.6) is 11.5 Å². The second-order valence-electron chi connectivity index (χ2n) is 6.54. The highest BCUT2D eigenvalue weighted by molar-refractivity contribution is 6.09. The van der Waals surface area contributed by atoms with Gasteiger partial charge in [-0.2, -0.15) is 0 Å². The van der Waals surface area contributed by atoms with Crippen molar-refractivity contribution in [3.8, 4) is 11.5 Å². The normalized spacial score (nSPS) is 11.7. The van der Waals surface area contributed by atoms with Crippen LogP contribution in [0.1, 0.15) is 41.4 Å². The molecule has 1 unspecified atom stereocenters. The monoisotopic (exact) mass is 396 g/mol. The van der Waals surface area contributed by atoms with Crippen molar-refractivity contribution in [1.82, 2.24) is 14.7 Å². The average molecular weight is 396 g/mol. The molecule has 0 spiro atoms. The van der Waals surface area contributed by atoms with Crippen molar-refractivity contribution < 1.29 is 19.1 Å². The van der Waals surface area contributed by atoms with E-state index in [9.17, 15) is 9.59 Å². The van der Waals surface area contributed by atoms with E-state index < -0.39 is 5.91 Å². The quantitative estimate of drug-likeness (QED) is 0.640. The summed E-state index contributed by atoms with van der Waals surface area (Å²) < 4.78 is 12.1. The number of amides is 2. The molecule has 0 bridgehead atoms. The first-order valence-corrected chi connectivity index (χ1v) is 9.29. The number of aromatic nitrogens is 2. The Balaban J connectivity index is 1.98. The Morgan fingerprint density at radius 3 is 2.62 bits per heavy atom. The lowest BCUT2D eigenvalue weighted by molar-refractivity contribution is 0.0928. The number of nitrogens with zero attached hydrogens (tertiary/aromatic N) is 2. The minimum Gasteiger partial charge on any atom is -0.497 e. The van der Waals surface area contributed by atoms with Crippen LogP contribution in [0.25, 0.3) is 5.52 Å². The third kappa shape index (κ3) is 4.16. The van der Waals surface area contributed by atoms with Crippen LogP contribution in [0, 0.1) is 0 Å². The van der Waals surface area contributed by atoms with Crippen LogP contribution in [0.15, 0.2) is 42.6 Å². The van der Waals surface area contributed by atoms with Crippen LogP contribution in [0.4, 0.5) is 5.69 Å². The highest BCUT2D eigenvalue weighted by Crippen LogP contribution is 2.29. The SMILES string of the molecule is CCC(C)NC(=O)c1nc(C(=O)Nc2cc(OC)ccc2OC)c2ccccn12. The summed E-state index contributed by atoms with van der Waals surface area (Å²) in [6.45, 7) is 3.89. The second-order valence-corrected chi connectivity index (χ2v) is 6.54. The Morgan fingerprint density at radius 2 is 1.93 bits per heavy atom. The molecule has 3 aromatic rings. The van der Waals surface area contributed by atoms with Gasteiger partial charge in [-0.3, -0.25) is 14.0 Å². The van der Waals surface area contributed by atoms with E-state index in [0.29, 0.717) is 22.7 Å². The molecule has 2 N–H and O–H groups in total. The van der Waals surface area contributed by atoms with Gasteiger partial charge in [-0.15, -0.1) is 0 Å². The van der Waals surface area contributed by atoms with Gasteiger partial charge < -0.3 is 20.1 Å². The summed E-state index contributed by atoms with van der Waals surface area (Å²) in [5.74, 6) is 0.423. The molecule has 8 nitrogen and oxygen atoms in total. The van der Waals surface area contributed by atoms with Gasteiger partial charge in [0, 0.05) is 18.3 Å². The molecule has 0 aliphatic heterocycles. The number of hydrogen-bond acceptors (Lipinski definition) is 5. The first-order valence-electron chi connectivity index (χ1n) is 9.29. The molecule has 2 aromatic heterocycles. The molecule has 8 heteroatoms. The van der Waals surface area contributed by atoms with Crippen LogP contribution in [0.2, 0.25) is 0 Å². The largest absolute Gasteiger partial charge is 0.497 e. The average Bonchev–Trinajstić information content (AvgIpc) is 3.13. The summed E-state index contributed by atoms with van der Waals surface area (Å²) in [4.78, 5) is 30.0. The number of carbonyl (C=O) groups excluding carboxylic acids is 2. The number of anilines is 1. The van der Waals surface area contributed by atoms with Gasteiger partial charge in [0.2, 0.25) is 5.82 Å². The van der Waals surface area contributed by atoms with Crippen molar-refractivity contribution in [3.63, 3.8) is 0 Å². The van der Waals surface area contributed by atoms with Crippen LogP contribution in [0.3, 0.4) is 0 Å². The van der Waals surface area contributed by atoms with E-state index in [4.69, 9.17) is 9.47 Å². The van der Waals surface area contributed by atoms with Crippen molar-refractivity contribution in [1.29, 1.82) is 0 Å². The fourth-order valence-electron chi connectivity index (χ4n) is 2.85. The van der Waals surface area contributed by atoms with Gasteiger partial charge in [-0.1, -0.05) is 13.0 Å². The third-order valence-corrected chi connectivity index (χ3v) is 4.61. The number of imidazole rings is 1. The number of fused-ring (bicyclic) bond motifs is 1. The second kappa shape index (κ2) is 8.64. The molecular formula is C21H24N4O4. The first-order chi connectivity index (χ1) is 14.0. The lowest BCUT2D eigenvalue weighted by atomic mass is 10.2. The van der Waals surface area contributed by atoms with Gasteiger partial charge in [0.15, 0.2) is 5.69 Å². The van der Waals surface area contributed by atoms with Crippen molar-refractivity contribution >= 4 is 23.0 Å². The zero-order valence-corrected chi connectivity index (χ0v) is 16.9. The van der Waals surface area contributed by atoms with E-state index in [1.807, 2.05) is 13.8 Å². The number of benzene rings is 1. The van der Waals surface area contributed by atoms with Gasteiger partial charge in [-0.05, 0) is 37.6 Å². The number of rotatable bonds is 7. The van der Waals surface area contributed by atoms with Crippen LogP contribution in [-0.4, -0.2) is 41.5 Å². The van der Waals surface area contributed by atoms with Crippen LogP contribution < -0.4 is 20.1 Å². The smallest absolute Gasteiger partial charge is 0.287 e. The fraction of sp³-hybridized carbons (Fsp3) is 0.286. The molecule has 1 atom stereocenters. The predicted molar refractivity (Wildman–Crippen MR) is 110 cm³/mol. The number of carbonyl (C=O) groups is 2. The summed E-state index contributed by atoms with van der Waals surface area (Å²) in [6, 6.07) is 10.4. The van der Waals surface area contributed by atoms with Gasteiger partial charge in [0.1, 0.15) is 11.5 Å². The van der Waals surface area contributed by atoms with Crippen molar-refractivity contribution in [2.75, 3.05) is 19.5 Å². The molecule has 0 saturated carbocycles. The molecule has 0 fully saturated rings. The number of ether oxygens (including phenoxy) is 2. The summed E-state index contributed by atoms with van der Waals surface area (Å²) in [7, 11) is 3.05. The fourth-order valence-corrected chi connectivity index (χ4v) is 2.85. The van der Waals surface area contributed by atoms with Crippen molar-refractivity contribution in [2.45, 2.75) is 26.3 Å². The van der Waals surface area contributed by atoms with Gasteiger partial charge in [-0.25, -0.2) is 4.98 Å². The number of methoxy groups -OCH3 is 2. The molecule has 3 rings (SSSR count). The molecule has 152 valence electrons. The molecule has 0 aliphatic rings. The Kier molecular flexibility index (Phi) is 6.01. The predicted octanol–water partition coefficient (Wildman–Crippen LogP) is 3.13. The minimum atomic E-state index is -0.456. The van der Waals surface area contributed by atoms with Gasteiger partial charge >= 0.3 is 0 Å². The van der Waals surface area contributed by atoms with Crippen LogP contribution >= 0.6 is 0 Å². The Hall–Kier alpha value is -3.55. The molecule has 2 amide bonds. The minimum absolute atomic E-state index is 0.00289. The highest BCUT2D eigenvalue weighted by Gasteiger charge is 2.23. The van der Waals surface area contributed by atoms with E-state index in [2.05, 4.69) is 15.6 Å². The van der Waals surface area contributed by atoms with Gasteiger partial charge in [0.25, 0.3) is 11.8 Å². The van der Waals surface area contributed by atoms with E-state index >= 15 is 0 Å². The number of hydrogen-bond donors (Lipinski definition) is 2. The van der Waals surface area contributed by atoms with Gasteiger partial charge in [0.05, 0.1) is 25.4 Å². The zero-order valence-electron chi connectivity index (χ0n) is 16.9. The van der Waals surface area contributed by atoms with E-state index in [1.165, 1.54) is 7.11 Å². The molecule has 29 heavy (non-hydrogen) atoms. The Morgan fingerprint density at radius 1 is 1.14 bits per heavy atom. The zero-order chi connectivity index (χ0) is 21.0. The Bertz CT molecular complexity index is 1040. The molecule has 0 aliphatic carbocycles. The lowest BCUT2D eigenvalue weighted by Crippen LogP contribution is -2.33. The molecular weight excluding hydrogens is 372 g/mol. The third-order valence-electron chi connectivity index (χ3n) is 4.61. The summed E-state index contributed by atoms with van der Waals surface area (Å²) in [5.41, 5.74) is 1.12. The lowest BCUT2D eigenvalue weighted by Gasteiger charge is -2.11. The van der Waals surface area contributed by atoms with E-state index in [-0.39, 0.29) is 23.5 Å². The van der Waals surface area contributed by atoms with Crippen molar-refractivity contribution in [3.05, 3.63) is 54.1 Å². The maximum absolute atomic E-state index is 13.0. The highest BCUT2D eigenvalue weighted by atomic mass is 16.5. The van der Waals surface area contributed by atoms with Crippen molar-refractivity contribution in [2.24, 2.45) is 0 Å².